The fourth-order valence-electron chi connectivity index (χ4n) is 1.66. The molecule has 0 spiro atoms. The molecule has 0 saturated carbocycles. The van der Waals surface area contributed by atoms with E-state index in [-0.39, 0.29) is 17.9 Å². The number of carbonyl (C=O) groups is 1. The molecule has 0 aromatic carbocycles. The quantitative estimate of drug-likeness (QED) is 0.647. The number of nitrogens with zero attached hydrogens (tertiary/aromatic N) is 1. The van der Waals surface area contributed by atoms with Gasteiger partial charge in [-0.05, 0) is 27.4 Å². The van der Waals surface area contributed by atoms with Crippen LogP contribution in [-0.4, -0.2) is 44.0 Å². The average Bonchev–Trinajstić information content (AvgIpc) is 2.12. The molecule has 0 aliphatic heterocycles. The summed E-state index contributed by atoms with van der Waals surface area (Å²) in [5.74, 6) is 0.0633. The van der Waals surface area contributed by atoms with Crippen LogP contribution in [-0.2, 0) is 4.79 Å². The van der Waals surface area contributed by atoms with Gasteiger partial charge in [0.1, 0.15) is 0 Å². The van der Waals surface area contributed by atoms with Gasteiger partial charge >= 0.3 is 0 Å². The summed E-state index contributed by atoms with van der Waals surface area (Å²) in [6.07, 6.45) is 1.87. The summed E-state index contributed by atoms with van der Waals surface area (Å²) in [6.45, 7) is 5.38. The van der Waals surface area contributed by atoms with Gasteiger partial charge in [-0.2, -0.15) is 0 Å². The van der Waals surface area contributed by atoms with Crippen LogP contribution < -0.4 is 11.1 Å². The Kier molecular flexibility index (Phi) is 7.34. The van der Waals surface area contributed by atoms with Crippen molar-refractivity contribution in [1.82, 2.24) is 10.2 Å². The molecule has 0 heterocycles. The van der Waals surface area contributed by atoms with Gasteiger partial charge in [0.15, 0.2) is 0 Å². The third kappa shape index (κ3) is 6.47. The lowest BCUT2D eigenvalue weighted by atomic mass is 10.0. The van der Waals surface area contributed by atoms with Crippen molar-refractivity contribution in [2.45, 2.75) is 32.7 Å². The predicted molar refractivity (Wildman–Crippen MR) is 63.6 cm³/mol. The molecule has 0 aromatic rings. The van der Waals surface area contributed by atoms with Crippen LogP contribution in [0.1, 0.15) is 26.7 Å². The molecule has 0 saturated heterocycles. The van der Waals surface area contributed by atoms with Crippen LogP contribution in [0.15, 0.2) is 0 Å². The van der Waals surface area contributed by atoms with Crippen LogP contribution in [0.2, 0.25) is 0 Å². The summed E-state index contributed by atoms with van der Waals surface area (Å²) >= 11 is 0. The predicted octanol–water partition coefficient (Wildman–Crippen LogP) is 0.428. The first-order valence-corrected chi connectivity index (χ1v) is 5.66. The summed E-state index contributed by atoms with van der Waals surface area (Å²) < 4.78 is 0. The van der Waals surface area contributed by atoms with Crippen molar-refractivity contribution in [3.8, 4) is 0 Å². The largest absolute Gasteiger partial charge is 0.352 e. The lowest BCUT2D eigenvalue weighted by molar-refractivity contribution is -0.125. The smallest absolute Gasteiger partial charge is 0.224 e. The highest BCUT2D eigenvalue weighted by Gasteiger charge is 2.17. The number of likely N-dealkylation sites (N-methyl/N-ethyl adjacent to an activating group) is 1. The highest BCUT2D eigenvalue weighted by atomic mass is 16.1. The SMILES string of the molecule is CCCC(CN)C(=O)NC(C)CN(C)C. The lowest BCUT2D eigenvalue weighted by Crippen LogP contribution is -2.44. The number of nitrogens with one attached hydrogen (secondary N) is 1. The molecule has 0 aliphatic rings. The van der Waals surface area contributed by atoms with Gasteiger partial charge in [0.05, 0.1) is 5.92 Å². The summed E-state index contributed by atoms with van der Waals surface area (Å²) in [5, 5.41) is 2.99. The highest BCUT2D eigenvalue weighted by Crippen LogP contribution is 2.04. The van der Waals surface area contributed by atoms with E-state index in [4.69, 9.17) is 5.73 Å². The zero-order valence-corrected chi connectivity index (χ0v) is 10.4. The zero-order valence-electron chi connectivity index (χ0n) is 10.4. The molecule has 0 rings (SSSR count). The molecule has 3 N–H and O–H groups in total. The number of hydrogen-bond donors (Lipinski definition) is 2. The Morgan fingerprint density at radius 2 is 2.07 bits per heavy atom. The first kappa shape index (κ1) is 14.4. The van der Waals surface area contributed by atoms with E-state index in [1.165, 1.54) is 0 Å². The maximum atomic E-state index is 11.7. The van der Waals surface area contributed by atoms with E-state index in [9.17, 15) is 4.79 Å². The van der Waals surface area contributed by atoms with Gasteiger partial charge in [0.25, 0.3) is 0 Å². The van der Waals surface area contributed by atoms with Crippen molar-refractivity contribution < 1.29 is 4.79 Å². The molecule has 90 valence electrons. The molecule has 1 amide bonds. The molecule has 4 nitrogen and oxygen atoms in total. The topological polar surface area (TPSA) is 58.4 Å². The van der Waals surface area contributed by atoms with Gasteiger partial charge in [-0.1, -0.05) is 13.3 Å². The number of hydrogen-bond acceptors (Lipinski definition) is 3. The van der Waals surface area contributed by atoms with Crippen LogP contribution in [0.3, 0.4) is 0 Å². The molecule has 0 aliphatic carbocycles. The Morgan fingerprint density at radius 1 is 1.47 bits per heavy atom. The standard InChI is InChI=1S/C11H25N3O/c1-5-6-10(7-12)11(15)13-9(2)8-14(3)4/h9-10H,5-8,12H2,1-4H3,(H,13,15). The molecular weight excluding hydrogens is 190 g/mol. The lowest BCUT2D eigenvalue weighted by Gasteiger charge is -2.21. The van der Waals surface area contributed by atoms with Crippen molar-refractivity contribution in [3.05, 3.63) is 0 Å². The van der Waals surface area contributed by atoms with Crippen molar-refractivity contribution in [1.29, 1.82) is 0 Å². The Bertz CT molecular complexity index is 183. The molecule has 2 unspecified atom stereocenters. The number of nitrogens with two attached hydrogens (primary N) is 1. The first-order valence-electron chi connectivity index (χ1n) is 5.66. The Morgan fingerprint density at radius 3 is 2.47 bits per heavy atom. The number of carbonyl (C=O) groups excluding carboxylic acids is 1. The van der Waals surface area contributed by atoms with E-state index < -0.39 is 0 Å². The molecular formula is C11H25N3O. The molecule has 0 aromatic heterocycles. The van der Waals surface area contributed by atoms with Gasteiger partial charge in [0, 0.05) is 19.1 Å². The summed E-state index contributed by atoms with van der Waals surface area (Å²) in [5.41, 5.74) is 5.57. The van der Waals surface area contributed by atoms with Crippen LogP contribution in [0.4, 0.5) is 0 Å². The van der Waals surface area contributed by atoms with E-state index in [1.54, 1.807) is 0 Å². The van der Waals surface area contributed by atoms with E-state index in [1.807, 2.05) is 21.0 Å². The van der Waals surface area contributed by atoms with Crippen LogP contribution in [0.25, 0.3) is 0 Å². The van der Waals surface area contributed by atoms with E-state index >= 15 is 0 Å². The van der Waals surface area contributed by atoms with E-state index in [0.29, 0.717) is 6.54 Å². The third-order valence-electron chi connectivity index (χ3n) is 2.32. The monoisotopic (exact) mass is 215 g/mol. The maximum Gasteiger partial charge on any atom is 0.224 e. The first-order chi connectivity index (χ1) is 7.01. The summed E-state index contributed by atoms with van der Waals surface area (Å²) in [7, 11) is 3.99. The molecule has 0 fully saturated rings. The second-order valence-electron chi connectivity index (χ2n) is 4.39. The normalized spacial score (nSPS) is 15.1. The van der Waals surface area contributed by atoms with Crippen LogP contribution in [0.5, 0.6) is 0 Å². The molecule has 0 bridgehead atoms. The Labute approximate surface area is 93.2 Å². The average molecular weight is 215 g/mol. The minimum absolute atomic E-state index is 0.0281. The van der Waals surface area contributed by atoms with Crippen molar-refractivity contribution >= 4 is 5.91 Å². The minimum Gasteiger partial charge on any atom is -0.352 e. The van der Waals surface area contributed by atoms with Gasteiger partial charge in [0.2, 0.25) is 5.91 Å². The molecule has 15 heavy (non-hydrogen) atoms. The van der Waals surface area contributed by atoms with Crippen molar-refractivity contribution in [3.63, 3.8) is 0 Å². The highest BCUT2D eigenvalue weighted by molar-refractivity contribution is 5.79. The maximum absolute atomic E-state index is 11.7. The summed E-state index contributed by atoms with van der Waals surface area (Å²) in [6, 6.07) is 0.179. The molecule has 0 radical (unpaired) electrons. The van der Waals surface area contributed by atoms with Gasteiger partial charge in [-0.3, -0.25) is 4.79 Å². The summed E-state index contributed by atoms with van der Waals surface area (Å²) in [4.78, 5) is 13.8. The van der Waals surface area contributed by atoms with E-state index in [0.717, 1.165) is 19.4 Å². The van der Waals surface area contributed by atoms with Crippen molar-refractivity contribution in [2.75, 3.05) is 27.2 Å². The van der Waals surface area contributed by atoms with Crippen LogP contribution >= 0.6 is 0 Å². The zero-order chi connectivity index (χ0) is 11.8. The Balaban J connectivity index is 3.98. The fraction of sp³-hybridized carbons (Fsp3) is 0.909. The van der Waals surface area contributed by atoms with Crippen molar-refractivity contribution in [2.24, 2.45) is 11.7 Å². The second kappa shape index (κ2) is 7.65. The third-order valence-corrected chi connectivity index (χ3v) is 2.32. The number of rotatable bonds is 7. The minimum atomic E-state index is -0.0281. The molecule has 2 atom stereocenters. The van der Waals surface area contributed by atoms with Gasteiger partial charge < -0.3 is 16.0 Å². The number of amides is 1. The van der Waals surface area contributed by atoms with Gasteiger partial charge in [-0.15, -0.1) is 0 Å². The Hall–Kier alpha value is -0.610. The molecule has 4 heteroatoms. The van der Waals surface area contributed by atoms with Crippen LogP contribution in [0, 0.1) is 5.92 Å². The van der Waals surface area contributed by atoms with Gasteiger partial charge in [-0.25, -0.2) is 0 Å². The fourth-order valence-corrected chi connectivity index (χ4v) is 1.66. The second-order valence-corrected chi connectivity index (χ2v) is 4.39. The van der Waals surface area contributed by atoms with E-state index in [2.05, 4.69) is 17.1 Å².